The maximum Gasteiger partial charge on any atom is 0.303 e. The lowest BCUT2D eigenvalue weighted by Crippen LogP contribution is -2.47. The van der Waals surface area contributed by atoms with E-state index in [1.807, 2.05) is 0 Å². The largest absolute Gasteiger partial charge is 0.481 e. The first-order valence-corrected chi connectivity index (χ1v) is 7.20. The zero-order valence-electron chi connectivity index (χ0n) is 12.6. The number of amides is 2. The van der Waals surface area contributed by atoms with Gasteiger partial charge in [0.2, 0.25) is 11.8 Å². The number of rotatable bonds is 7. The van der Waals surface area contributed by atoms with Crippen LogP contribution in [0.15, 0.2) is 0 Å². The molecule has 1 aliphatic rings. The predicted octanol–water partition coefficient (Wildman–Crippen LogP) is 0.241. The van der Waals surface area contributed by atoms with Gasteiger partial charge in [-0.3, -0.25) is 14.4 Å². The molecular formula is C14H24N2O5. The second kappa shape index (κ2) is 8.61. The van der Waals surface area contributed by atoms with Crippen LogP contribution in [0.1, 0.15) is 32.6 Å². The van der Waals surface area contributed by atoms with Gasteiger partial charge < -0.3 is 20.1 Å². The molecule has 2 amide bonds. The molecule has 21 heavy (non-hydrogen) atoms. The number of carboxylic acids is 1. The zero-order valence-corrected chi connectivity index (χ0v) is 12.6. The number of ether oxygens (including phenoxy) is 1. The molecule has 120 valence electrons. The lowest BCUT2D eigenvalue weighted by molar-refractivity contribution is -0.138. The third-order valence-corrected chi connectivity index (χ3v) is 3.54. The van der Waals surface area contributed by atoms with Gasteiger partial charge in [0.1, 0.15) is 6.61 Å². The van der Waals surface area contributed by atoms with E-state index in [2.05, 4.69) is 5.32 Å². The number of carbonyl (C=O) groups is 3. The lowest BCUT2D eigenvalue weighted by atomic mass is 10.0. The highest BCUT2D eigenvalue weighted by Crippen LogP contribution is 2.12. The molecular weight excluding hydrogens is 276 g/mol. The summed E-state index contributed by atoms with van der Waals surface area (Å²) in [6.07, 6.45) is 1.65. The van der Waals surface area contributed by atoms with Crippen molar-refractivity contribution in [3.05, 3.63) is 0 Å². The Labute approximate surface area is 124 Å². The minimum absolute atomic E-state index is 0.00260. The van der Waals surface area contributed by atoms with Crippen molar-refractivity contribution in [2.24, 2.45) is 5.92 Å². The fourth-order valence-corrected chi connectivity index (χ4v) is 2.46. The van der Waals surface area contributed by atoms with Crippen LogP contribution in [0.2, 0.25) is 0 Å². The molecule has 7 heteroatoms. The molecule has 0 aromatic heterocycles. The molecule has 0 aromatic carbocycles. The van der Waals surface area contributed by atoms with Crippen LogP contribution >= 0.6 is 0 Å². The van der Waals surface area contributed by atoms with Crippen LogP contribution in [0.5, 0.6) is 0 Å². The second-order valence-electron chi connectivity index (χ2n) is 5.56. The molecule has 0 saturated carbocycles. The van der Waals surface area contributed by atoms with Crippen molar-refractivity contribution in [3.63, 3.8) is 0 Å². The number of likely N-dealkylation sites (tertiary alicyclic amines) is 1. The molecule has 1 fully saturated rings. The Morgan fingerprint density at radius 3 is 2.43 bits per heavy atom. The number of methoxy groups -OCH3 is 1. The fourth-order valence-electron chi connectivity index (χ4n) is 2.46. The summed E-state index contributed by atoms with van der Waals surface area (Å²) in [5.74, 6) is -1.21. The molecule has 7 nitrogen and oxygen atoms in total. The third kappa shape index (κ3) is 6.57. The Kier molecular flexibility index (Phi) is 7.14. The van der Waals surface area contributed by atoms with Gasteiger partial charge in [-0.15, -0.1) is 0 Å². The molecule has 1 aliphatic heterocycles. The molecule has 1 atom stereocenters. The van der Waals surface area contributed by atoms with Crippen LogP contribution in [0.3, 0.4) is 0 Å². The van der Waals surface area contributed by atoms with Crippen LogP contribution in [0.4, 0.5) is 0 Å². The zero-order chi connectivity index (χ0) is 15.8. The summed E-state index contributed by atoms with van der Waals surface area (Å²) in [6, 6.07) is 0.0566. The van der Waals surface area contributed by atoms with Gasteiger partial charge in [-0.2, -0.15) is 0 Å². The van der Waals surface area contributed by atoms with E-state index in [1.165, 1.54) is 7.11 Å². The Morgan fingerprint density at radius 1 is 1.29 bits per heavy atom. The molecule has 1 heterocycles. The van der Waals surface area contributed by atoms with Crippen LogP contribution in [-0.2, 0) is 19.1 Å². The first kappa shape index (κ1) is 17.4. The molecule has 0 spiro atoms. The average Bonchev–Trinajstić information content (AvgIpc) is 2.38. The smallest absolute Gasteiger partial charge is 0.303 e. The van der Waals surface area contributed by atoms with E-state index in [0.717, 1.165) is 0 Å². The molecule has 0 aromatic rings. The fraction of sp³-hybridized carbons (Fsp3) is 0.786. The Bertz CT molecular complexity index is 378. The topological polar surface area (TPSA) is 95.9 Å². The first-order valence-electron chi connectivity index (χ1n) is 7.20. The van der Waals surface area contributed by atoms with Crippen molar-refractivity contribution in [3.8, 4) is 0 Å². The number of carbonyl (C=O) groups excluding carboxylic acids is 2. The summed E-state index contributed by atoms with van der Waals surface area (Å²) in [5.41, 5.74) is 0. The van der Waals surface area contributed by atoms with E-state index >= 15 is 0 Å². The summed E-state index contributed by atoms with van der Waals surface area (Å²) in [7, 11) is 1.49. The maximum absolute atomic E-state index is 11.8. The van der Waals surface area contributed by atoms with Crippen LogP contribution in [0, 0.1) is 5.92 Å². The van der Waals surface area contributed by atoms with Gasteiger partial charge in [0.05, 0.1) is 0 Å². The van der Waals surface area contributed by atoms with Gasteiger partial charge in [0.25, 0.3) is 0 Å². The number of hydrogen-bond acceptors (Lipinski definition) is 4. The minimum Gasteiger partial charge on any atom is -0.481 e. The monoisotopic (exact) mass is 300 g/mol. The number of nitrogens with one attached hydrogen (secondary N) is 1. The molecule has 0 aliphatic carbocycles. The molecule has 1 unspecified atom stereocenters. The van der Waals surface area contributed by atoms with Crippen molar-refractivity contribution in [1.29, 1.82) is 0 Å². The van der Waals surface area contributed by atoms with Gasteiger partial charge in [-0.25, -0.2) is 0 Å². The molecule has 2 N–H and O–H groups in total. The highest BCUT2D eigenvalue weighted by Gasteiger charge is 2.24. The van der Waals surface area contributed by atoms with Crippen molar-refractivity contribution in [2.45, 2.75) is 38.6 Å². The number of hydrogen-bond donors (Lipinski definition) is 2. The Morgan fingerprint density at radius 2 is 1.90 bits per heavy atom. The maximum atomic E-state index is 11.8. The normalized spacial score (nSPS) is 17.3. The Balaban J connectivity index is 2.27. The summed E-state index contributed by atoms with van der Waals surface area (Å²) in [4.78, 5) is 35.7. The standard InChI is InChI=1S/C14H24N2O5/c1-10(8-14(19)20)7-12(17)15-11-3-5-16(6-4-11)13(18)9-21-2/h10-11H,3-9H2,1-2H3,(H,15,17)(H,19,20). The average molecular weight is 300 g/mol. The molecule has 1 saturated heterocycles. The van der Waals surface area contributed by atoms with E-state index in [0.29, 0.717) is 25.9 Å². The molecule has 1 rings (SSSR count). The van der Waals surface area contributed by atoms with E-state index in [1.54, 1.807) is 11.8 Å². The summed E-state index contributed by atoms with van der Waals surface area (Å²) < 4.78 is 4.81. The van der Waals surface area contributed by atoms with E-state index in [-0.39, 0.29) is 43.2 Å². The second-order valence-corrected chi connectivity index (χ2v) is 5.56. The quantitative estimate of drug-likeness (QED) is 0.702. The van der Waals surface area contributed by atoms with Gasteiger partial charge in [0.15, 0.2) is 0 Å². The van der Waals surface area contributed by atoms with Crippen LogP contribution in [0.25, 0.3) is 0 Å². The van der Waals surface area contributed by atoms with E-state index in [9.17, 15) is 14.4 Å². The highest BCUT2D eigenvalue weighted by molar-refractivity contribution is 5.78. The van der Waals surface area contributed by atoms with Gasteiger partial charge in [0, 0.05) is 39.1 Å². The number of piperidine rings is 1. The summed E-state index contributed by atoms with van der Waals surface area (Å²) >= 11 is 0. The van der Waals surface area contributed by atoms with Crippen molar-refractivity contribution >= 4 is 17.8 Å². The SMILES string of the molecule is COCC(=O)N1CCC(NC(=O)CC(C)CC(=O)O)CC1. The van der Waals surface area contributed by atoms with Crippen molar-refractivity contribution in [1.82, 2.24) is 10.2 Å². The van der Waals surface area contributed by atoms with Gasteiger partial charge in [-0.1, -0.05) is 6.92 Å². The number of carboxylic acid groups (broad SMARTS) is 1. The van der Waals surface area contributed by atoms with Crippen molar-refractivity contribution < 1.29 is 24.2 Å². The summed E-state index contributed by atoms with van der Waals surface area (Å²) in [6.45, 7) is 3.05. The molecule has 0 bridgehead atoms. The number of nitrogens with zero attached hydrogens (tertiary/aromatic N) is 1. The third-order valence-electron chi connectivity index (χ3n) is 3.54. The first-order chi connectivity index (χ1) is 9.92. The molecule has 0 radical (unpaired) electrons. The van der Waals surface area contributed by atoms with E-state index < -0.39 is 5.97 Å². The van der Waals surface area contributed by atoms with Gasteiger partial charge >= 0.3 is 5.97 Å². The van der Waals surface area contributed by atoms with Crippen LogP contribution < -0.4 is 5.32 Å². The lowest BCUT2D eigenvalue weighted by Gasteiger charge is -2.32. The number of aliphatic carboxylic acids is 1. The predicted molar refractivity (Wildman–Crippen MR) is 75.7 cm³/mol. The minimum atomic E-state index is -0.889. The van der Waals surface area contributed by atoms with Crippen LogP contribution in [-0.4, -0.2) is 60.6 Å². The van der Waals surface area contributed by atoms with Crippen molar-refractivity contribution in [2.75, 3.05) is 26.8 Å². The Hall–Kier alpha value is -1.63. The highest BCUT2D eigenvalue weighted by atomic mass is 16.5. The summed E-state index contributed by atoms with van der Waals surface area (Å²) in [5, 5.41) is 11.6. The van der Waals surface area contributed by atoms with Gasteiger partial charge in [-0.05, 0) is 18.8 Å². The van der Waals surface area contributed by atoms with E-state index in [4.69, 9.17) is 9.84 Å².